The molecule has 18 heavy (non-hydrogen) atoms. The maximum absolute atomic E-state index is 3.49. The molecular formula is C15H25ClN2. The highest BCUT2D eigenvalue weighted by Gasteiger charge is 2.16. The minimum absolute atomic E-state index is 0. The van der Waals surface area contributed by atoms with Crippen LogP contribution in [0.1, 0.15) is 29.2 Å². The molecule has 0 bridgehead atoms. The molecule has 0 amide bonds. The molecule has 1 aromatic rings. The number of halogens is 1. The van der Waals surface area contributed by atoms with Crippen molar-refractivity contribution in [3.05, 3.63) is 34.4 Å². The molecule has 1 aromatic carbocycles. The van der Waals surface area contributed by atoms with Crippen LogP contribution in [0.15, 0.2) is 12.1 Å². The molecule has 0 aliphatic carbocycles. The first kappa shape index (κ1) is 15.5. The molecule has 2 rings (SSSR count). The average Bonchev–Trinajstić information content (AvgIpc) is 2.26. The Balaban J connectivity index is 0.00000162. The first-order chi connectivity index (χ1) is 8.06. The molecule has 0 radical (unpaired) electrons. The Morgan fingerprint density at radius 1 is 1.17 bits per heavy atom. The molecule has 102 valence electrons. The molecule has 2 nitrogen and oxygen atoms in total. The van der Waals surface area contributed by atoms with Gasteiger partial charge in [0.2, 0.25) is 0 Å². The van der Waals surface area contributed by atoms with Crippen LogP contribution in [-0.2, 0) is 6.54 Å². The van der Waals surface area contributed by atoms with Crippen molar-refractivity contribution in [3.8, 4) is 0 Å². The third-order valence-electron chi connectivity index (χ3n) is 3.80. The van der Waals surface area contributed by atoms with Crippen LogP contribution in [0, 0.1) is 20.8 Å². The smallest absolute Gasteiger partial charge is 0.0237 e. The molecular weight excluding hydrogens is 244 g/mol. The molecule has 0 aromatic heterocycles. The van der Waals surface area contributed by atoms with Gasteiger partial charge in [0.1, 0.15) is 0 Å². The van der Waals surface area contributed by atoms with E-state index in [1.807, 2.05) is 0 Å². The lowest BCUT2D eigenvalue weighted by Crippen LogP contribution is -2.48. The highest BCUT2D eigenvalue weighted by molar-refractivity contribution is 5.85. The molecule has 1 aliphatic rings. The second kappa shape index (κ2) is 6.55. The molecule has 1 atom stereocenters. The van der Waals surface area contributed by atoms with E-state index in [0.29, 0.717) is 6.04 Å². The number of nitrogens with one attached hydrogen (secondary N) is 1. The zero-order valence-corrected chi connectivity index (χ0v) is 12.7. The van der Waals surface area contributed by atoms with Crippen LogP contribution in [0.5, 0.6) is 0 Å². The summed E-state index contributed by atoms with van der Waals surface area (Å²) in [7, 11) is 0. The van der Waals surface area contributed by atoms with Gasteiger partial charge >= 0.3 is 0 Å². The number of nitrogens with zero attached hydrogens (tertiary/aromatic N) is 1. The molecule has 1 saturated heterocycles. The van der Waals surface area contributed by atoms with E-state index in [-0.39, 0.29) is 12.4 Å². The normalized spacial score (nSPS) is 20.6. The van der Waals surface area contributed by atoms with Crippen LogP contribution in [0.25, 0.3) is 0 Å². The van der Waals surface area contributed by atoms with Gasteiger partial charge in [-0.2, -0.15) is 0 Å². The van der Waals surface area contributed by atoms with Crippen LogP contribution in [0.4, 0.5) is 0 Å². The number of piperazine rings is 1. The predicted molar refractivity (Wildman–Crippen MR) is 80.6 cm³/mol. The summed E-state index contributed by atoms with van der Waals surface area (Å²) in [6.45, 7) is 13.4. The standard InChI is InChI=1S/C15H24N2.ClH/c1-11-7-13(3)15(8-12(11)2)10-17-6-5-16-14(4)9-17;/h7-8,14,16H,5-6,9-10H2,1-4H3;1H/t14-;/m1./s1. The Labute approximate surface area is 117 Å². The van der Waals surface area contributed by atoms with Gasteiger partial charge in [0, 0.05) is 32.2 Å². The molecule has 1 heterocycles. The van der Waals surface area contributed by atoms with Crippen molar-refractivity contribution in [2.24, 2.45) is 0 Å². The van der Waals surface area contributed by atoms with Crippen molar-refractivity contribution in [2.45, 2.75) is 40.3 Å². The number of benzene rings is 1. The summed E-state index contributed by atoms with van der Waals surface area (Å²) in [5, 5.41) is 3.49. The summed E-state index contributed by atoms with van der Waals surface area (Å²) in [5.41, 5.74) is 5.73. The average molecular weight is 269 g/mol. The van der Waals surface area contributed by atoms with Gasteiger partial charge in [0.25, 0.3) is 0 Å². The van der Waals surface area contributed by atoms with Crippen LogP contribution in [0.2, 0.25) is 0 Å². The second-order valence-electron chi connectivity index (χ2n) is 5.45. The summed E-state index contributed by atoms with van der Waals surface area (Å²) >= 11 is 0. The lowest BCUT2D eigenvalue weighted by Gasteiger charge is -2.32. The summed E-state index contributed by atoms with van der Waals surface area (Å²) in [6, 6.07) is 5.30. The lowest BCUT2D eigenvalue weighted by atomic mass is 10.00. The molecule has 0 unspecified atom stereocenters. The maximum atomic E-state index is 3.49. The fourth-order valence-corrected chi connectivity index (χ4v) is 2.59. The van der Waals surface area contributed by atoms with E-state index >= 15 is 0 Å². The van der Waals surface area contributed by atoms with Gasteiger partial charge in [-0.15, -0.1) is 12.4 Å². The molecule has 1 N–H and O–H groups in total. The van der Waals surface area contributed by atoms with Gasteiger partial charge in [-0.1, -0.05) is 12.1 Å². The summed E-state index contributed by atoms with van der Waals surface area (Å²) in [6.07, 6.45) is 0. The minimum Gasteiger partial charge on any atom is -0.312 e. The Morgan fingerprint density at radius 2 is 1.83 bits per heavy atom. The Bertz CT molecular complexity index is 404. The largest absolute Gasteiger partial charge is 0.312 e. The van der Waals surface area contributed by atoms with Crippen molar-refractivity contribution in [1.29, 1.82) is 0 Å². The van der Waals surface area contributed by atoms with Crippen molar-refractivity contribution in [2.75, 3.05) is 19.6 Å². The van der Waals surface area contributed by atoms with Crippen LogP contribution in [0.3, 0.4) is 0 Å². The monoisotopic (exact) mass is 268 g/mol. The molecule has 1 fully saturated rings. The Kier molecular flexibility index (Phi) is 5.64. The summed E-state index contributed by atoms with van der Waals surface area (Å²) in [5.74, 6) is 0. The Hall–Kier alpha value is -0.570. The fourth-order valence-electron chi connectivity index (χ4n) is 2.59. The summed E-state index contributed by atoms with van der Waals surface area (Å²) in [4.78, 5) is 2.55. The molecule has 3 heteroatoms. The number of hydrogen-bond donors (Lipinski definition) is 1. The Morgan fingerprint density at radius 3 is 2.50 bits per heavy atom. The van der Waals surface area contributed by atoms with Gasteiger partial charge in [0.05, 0.1) is 0 Å². The predicted octanol–water partition coefficient (Wildman–Crippen LogP) is 2.83. The zero-order valence-electron chi connectivity index (χ0n) is 11.9. The summed E-state index contributed by atoms with van der Waals surface area (Å²) < 4.78 is 0. The maximum Gasteiger partial charge on any atom is 0.0237 e. The van der Waals surface area contributed by atoms with Crippen molar-refractivity contribution in [3.63, 3.8) is 0 Å². The van der Waals surface area contributed by atoms with E-state index in [2.05, 4.69) is 50.0 Å². The van der Waals surface area contributed by atoms with Crippen LogP contribution in [-0.4, -0.2) is 30.6 Å². The first-order valence-corrected chi connectivity index (χ1v) is 6.58. The first-order valence-electron chi connectivity index (χ1n) is 6.58. The van der Waals surface area contributed by atoms with Crippen molar-refractivity contribution in [1.82, 2.24) is 10.2 Å². The van der Waals surface area contributed by atoms with E-state index in [9.17, 15) is 0 Å². The number of hydrogen-bond acceptors (Lipinski definition) is 2. The minimum atomic E-state index is 0. The van der Waals surface area contributed by atoms with E-state index in [4.69, 9.17) is 0 Å². The molecule has 0 spiro atoms. The SMILES string of the molecule is Cc1cc(C)c(CN2CCN[C@H](C)C2)cc1C.Cl. The van der Waals surface area contributed by atoms with E-state index < -0.39 is 0 Å². The van der Waals surface area contributed by atoms with Gasteiger partial charge in [-0.25, -0.2) is 0 Å². The van der Waals surface area contributed by atoms with Crippen molar-refractivity contribution < 1.29 is 0 Å². The van der Waals surface area contributed by atoms with Gasteiger partial charge < -0.3 is 5.32 Å². The van der Waals surface area contributed by atoms with E-state index in [0.717, 1.165) is 26.2 Å². The fraction of sp³-hybridized carbons (Fsp3) is 0.600. The zero-order chi connectivity index (χ0) is 12.4. The van der Waals surface area contributed by atoms with Gasteiger partial charge in [-0.05, 0) is 49.9 Å². The van der Waals surface area contributed by atoms with E-state index in [1.165, 1.54) is 22.3 Å². The van der Waals surface area contributed by atoms with E-state index in [1.54, 1.807) is 0 Å². The molecule has 0 saturated carbocycles. The third-order valence-corrected chi connectivity index (χ3v) is 3.80. The second-order valence-corrected chi connectivity index (χ2v) is 5.45. The highest BCUT2D eigenvalue weighted by Crippen LogP contribution is 2.17. The third kappa shape index (κ3) is 3.71. The highest BCUT2D eigenvalue weighted by atomic mass is 35.5. The number of aryl methyl sites for hydroxylation is 3. The van der Waals surface area contributed by atoms with Crippen molar-refractivity contribution >= 4 is 12.4 Å². The van der Waals surface area contributed by atoms with Gasteiger partial charge in [-0.3, -0.25) is 4.90 Å². The number of rotatable bonds is 2. The molecule has 1 aliphatic heterocycles. The van der Waals surface area contributed by atoms with Gasteiger partial charge in [0.15, 0.2) is 0 Å². The van der Waals surface area contributed by atoms with Crippen LogP contribution < -0.4 is 5.32 Å². The topological polar surface area (TPSA) is 15.3 Å². The lowest BCUT2D eigenvalue weighted by molar-refractivity contribution is 0.199. The quantitative estimate of drug-likeness (QED) is 0.887. The van der Waals surface area contributed by atoms with Crippen LogP contribution >= 0.6 is 12.4 Å².